The van der Waals surface area contributed by atoms with Crippen LogP contribution in [0, 0.1) is 11.2 Å². The molecule has 100 valence electrons. The summed E-state index contributed by atoms with van der Waals surface area (Å²) in [6.07, 6.45) is 1.36. The van der Waals surface area contributed by atoms with Gasteiger partial charge in [0.15, 0.2) is 0 Å². The first-order valence-corrected chi connectivity index (χ1v) is 6.94. The first-order valence-electron chi connectivity index (χ1n) is 6.15. The Morgan fingerprint density at radius 1 is 1.50 bits per heavy atom. The molecule has 2 rings (SSSR count). The number of halogens is 2. The average molecular weight is 316 g/mol. The van der Waals surface area contributed by atoms with E-state index in [2.05, 4.69) is 35.1 Å². The molecule has 2 atom stereocenters. The Morgan fingerprint density at radius 2 is 2.22 bits per heavy atom. The summed E-state index contributed by atoms with van der Waals surface area (Å²) >= 11 is 3.39. The fourth-order valence-corrected chi connectivity index (χ4v) is 3.02. The lowest BCUT2D eigenvalue weighted by molar-refractivity contribution is -0.0979. The largest absolute Gasteiger partial charge is 0.381 e. The summed E-state index contributed by atoms with van der Waals surface area (Å²) < 4.78 is 19.2. The van der Waals surface area contributed by atoms with Gasteiger partial charge >= 0.3 is 0 Å². The molecule has 0 aromatic heterocycles. The van der Waals surface area contributed by atoms with Gasteiger partial charge < -0.3 is 10.1 Å². The van der Waals surface area contributed by atoms with Crippen LogP contribution in [0.3, 0.4) is 0 Å². The van der Waals surface area contributed by atoms with Gasteiger partial charge in [0.05, 0.1) is 6.10 Å². The van der Waals surface area contributed by atoms with Gasteiger partial charge in [-0.05, 0) is 24.1 Å². The molecule has 0 aliphatic heterocycles. The monoisotopic (exact) mass is 315 g/mol. The highest BCUT2D eigenvalue weighted by Gasteiger charge is 2.48. The third-order valence-electron chi connectivity index (χ3n) is 4.02. The molecule has 0 amide bonds. The molecule has 1 saturated carbocycles. The highest BCUT2D eigenvalue weighted by Crippen LogP contribution is 2.42. The third kappa shape index (κ3) is 2.60. The van der Waals surface area contributed by atoms with Gasteiger partial charge in [0, 0.05) is 29.6 Å². The van der Waals surface area contributed by atoms with Crippen molar-refractivity contribution >= 4 is 15.9 Å². The number of rotatable bonds is 4. The molecule has 18 heavy (non-hydrogen) atoms. The molecule has 0 spiro atoms. The predicted octanol–water partition coefficient (Wildman–Crippen LogP) is 3.49. The van der Waals surface area contributed by atoms with E-state index in [1.54, 1.807) is 7.11 Å². The van der Waals surface area contributed by atoms with E-state index >= 15 is 0 Å². The van der Waals surface area contributed by atoms with Gasteiger partial charge in [-0.15, -0.1) is 0 Å². The number of hydrogen-bond acceptors (Lipinski definition) is 2. The molecular weight excluding hydrogens is 297 g/mol. The van der Waals surface area contributed by atoms with Crippen molar-refractivity contribution in [2.24, 2.45) is 5.41 Å². The topological polar surface area (TPSA) is 21.3 Å². The fraction of sp³-hybridized carbons (Fsp3) is 0.571. The molecule has 0 saturated heterocycles. The average Bonchev–Trinajstić information content (AvgIpc) is 2.30. The maximum atomic E-state index is 13.0. The predicted molar refractivity (Wildman–Crippen MR) is 73.9 cm³/mol. The van der Waals surface area contributed by atoms with Crippen molar-refractivity contribution in [3.8, 4) is 0 Å². The Balaban J connectivity index is 1.93. The Bertz CT molecular complexity index is 436. The number of hydrogen-bond donors (Lipinski definition) is 1. The minimum Gasteiger partial charge on any atom is -0.381 e. The summed E-state index contributed by atoms with van der Waals surface area (Å²) in [6, 6.07) is 5.25. The lowest BCUT2D eigenvalue weighted by Crippen LogP contribution is -2.60. The Morgan fingerprint density at radius 3 is 2.78 bits per heavy atom. The molecule has 1 aromatic rings. The molecule has 2 unspecified atom stereocenters. The van der Waals surface area contributed by atoms with Gasteiger partial charge in [-0.3, -0.25) is 0 Å². The molecule has 0 heterocycles. The molecule has 1 aliphatic rings. The van der Waals surface area contributed by atoms with E-state index < -0.39 is 0 Å². The maximum Gasteiger partial charge on any atom is 0.124 e. The quantitative estimate of drug-likeness (QED) is 0.918. The zero-order chi connectivity index (χ0) is 13.3. The minimum absolute atomic E-state index is 0.154. The first-order chi connectivity index (χ1) is 8.45. The molecule has 0 bridgehead atoms. The summed E-state index contributed by atoms with van der Waals surface area (Å²) in [7, 11) is 1.76. The van der Waals surface area contributed by atoms with Gasteiger partial charge in [0.2, 0.25) is 0 Å². The van der Waals surface area contributed by atoms with Crippen molar-refractivity contribution in [2.75, 3.05) is 7.11 Å². The van der Waals surface area contributed by atoms with Crippen molar-refractivity contribution in [3.63, 3.8) is 0 Å². The second kappa shape index (κ2) is 5.27. The van der Waals surface area contributed by atoms with E-state index in [1.165, 1.54) is 12.1 Å². The van der Waals surface area contributed by atoms with Crippen molar-refractivity contribution < 1.29 is 9.13 Å². The molecule has 1 aliphatic carbocycles. The van der Waals surface area contributed by atoms with Gasteiger partial charge in [-0.25, -0.2) is 4.39 Å². The maximum absolute atomic E-state index is 13.0. The van der Waals surface area contributed by atoms with Crippen LogP contribution in [-0.2, 0) is 11.3 Å². The molecule has 0 radical (unpaired) electrons. The van der Waals surface area contributed by atoms with Crippen LogP contribution in [0.5, 0.6) is 0 Å². The van der Waals surface area contributed by atoms with Crippen LogP contribution in [-0.4, -0.2) is 19.3 Å². The number of benzene rings is 1. The van der Waals surface area contributed by atoms with Crippen molar-refractivity contribution in [2.45, 2.75) is 39.0 Å². The van der Waals surface area contributed by atoms with E-state index in [1.807, 2.05) is 6.07 Å². The zero-order valence-corrected chi connectivity index (χ0v) is 12.6. The molecular formula is C14H19BrFNO. The zero-order valence-electron chi connectivity index (χ0n) is 11.0. The summed E-state index contributed by atoms with van der Waals surface area (Å²) in [5, 5.41) is 3.52. The van der Waals surface area contributed by atoms with Crippen LogP contribution < -0.4 is 5.32 Å². The lowest BCUT2D eigenvalue weighted by Gasteiger charge is -2.51. The van der Waals surface area contributed by atoms with Gasteiger partial charge in [0.25, 0.3) is 0 Å². The standard InChI is InChI=1S/C14H19BrFNO/c1-14(2)12(7-13(14)18-3)17-8-9-4-5-10(16)6-11(9)15/h4-6,12-13,17H,7-8H2,1-3H3. The van der Waals surface area contributed by atoms with E-state index in [4.69, 9.17) is 4.74 Å². The first kappa shape index (κ1) is 14.0. The van der Waals surface area contributed by atoms with Crippen LogP contribution >= 0.6 is 15.9 Å². The van der Waals surface area contributed by atoms with Crippen molar-refractivity contribution in [1.82, 2.24) is 5.32 Å². The van der Waals surface area contributed by atoms with Crippen LogP contribution in [0.2, 0.25) is 0 Å². The highest BCUT2D eigenvalue weighted by atomic mass is 79.9. The number of ether oxygens (including phenoxy) is 1. The summed E-state index contributed by atoms with van der Waals surface area (Å²) in [4.78, 5) is 0. The van der Waals surface area contributed by atoms with Crippen LogP contribution in [0.15, 0.2) is 22.7 Å². The van der Waals surface area contributed by atoms with Gasteiger partial charge in [0.1, 0.15) is 5.82 Å². The molecule has 1 N–H and O–H groups in total. The summed E-state index contributed by atoms with van der Waals surface area (Å²) in [5.41, 5.74) is 1.23. The Hall–Kier alpha value is -0.450. The second-order valence-electron chi connectivity index (χ2n) is 5.45. The molecule has 1 aromatic carbocycles. The lowest BCUT2D eigenvalue weighted by atomic mass is 9.64. The number of methoxy groups -OCH3 is 1. The Labute approximate surface area is 116 Å². The Kier molecular flexibility index (Phi) is 4.09. The smallest absolute Gasteiger partial charge is 0.124 e. The summed E-state index contributed by atoms with van der Waals surface area (Å²) in [6.45, 7) is 5.16. The number of nitrogens with one attached hydrogen (secondary N) is 1. The SMILES string of the molecule is COC1CC(NCc2ccc(F)cc2Br)C1(C)C. The van der Waals surface area contributed by atoms with E-state index in [0.717, 1.165) is 23.0 Å². The van der Waals surface area contributed by atoms with E-state index in [9.17, 15) is 4.39 Å². The highest BCUT2D eigenvalue weighted by molar-refractivity contribution is 9.10. The van der Waals surface area contributed by atoms with E-state index in [0.29, 0.717) is 12.1 Å². The summed E-state index contributed by atoms with van der Waals surface area (Å²) in [5.74, 6) is -0.214. The molecule has 1 fully saturated rings. The second-order valence-corrected chi connectivity index (χ2v) is 6.30. The van der Waals surface area contributed by atoms with Crippen molar-refractivity contribution in [1.29, 1.82) is 0 Å². The van der Waals surface area contributed by atoms with Gasteiger partial charge in [-0.2, -0.15) is 0 Å². The fourth-order valence-electron chi connectivity index (χ4n) is 2.53. The minimum atomic E-state index is -0.214. The van der Waals surface area contributed by atoms with Gasteiger partial charge in [-0.1, -0.05) is 35.8 Å². The van der Waals surface area contributed by atoms with Crippen LogP contribution in [0.4, 0.5) is 4.39 Å². The normalized spacial score (nSPS) is 25.8. The van der Waals surface area contributed by atoms with Crippen molar-refractivity contribution in [3.05, 3.63) is 34.1 Å². The van der Waals surface area contributed by atoms with Crippen LogP contribution in [0.25, 0.3) is 0 Å². The molecule has 4 heteroatoms. The van der Waals surface area contributed by atoms with E-state index in [-0.39, 0.29) is 11.2 Å². The third-order valence-corrected chi connectivity index (χ3v) is 4.75. The van der Waals surface area contributed by atoms with Crippen LogP contribution in [0.1, 0.15) is 25.8 Å². The molecule has 2 nitrogen and oxygen atoms in total.